The van der Waals surface area contributed by atoms with Gasteiger partial charge in [0.25, 0.3) is 0 Å². The molecule has 0 radical (unpaired) electrons. The maximum absolute atomic E-state index is 11.6. The lowest BCUT2D eigenvalue weighted by atomic mass is 9.80. The molecule has 9 aromatic carbocycles. The number of rotatable bonds is 24. The smallest absolute Gasteiger partial charge is 0.488 e. The molecular formula is C103H99B2Br5ClNO16S5. The van der Waals surface area contributed by atoms with Gasteiger partial charge in [-0.15, -0.1) is 104 Å². The number of thiophene rings is 5. The van der Waals surface area contributed by atoms with E-state index in [4.69, 9.17) is 55.5 Å². The van der Waals surface area contributed by atoms with E-state index in [0.29, 0.717) is 56.3 Å². The Morgan fingerprint density at radius 2 is 0.526 bits per heavy atom. The minimum Gasteiger partial charge on any atom is -0.508 e. The monoisotopic (exact) mass is 2220 g/mol. The van der Waals surface area contributed by atoms with Crippen molar-refractivity contribution in [3.05, 3.63) is 359 Å². The summed E-state index contributed by atoms with van der Waals surface area (Å²) in [5, 5.41) is 53.2. The molecule has 0 aliphatic heterocycles. The molecule has 6 N–H and O–H groups in total. The van der Waals surface area contributed by atoms with Gasteiger partial charge in [-0.25, -0.2) is 19.2 Å². The summed E-state index contributed by atoms with van der Waals surface area (Å²) < 4.78 is 28.7. The molecule has 0 atom stereocenters. The molecule has 0 saturated carbocycles. The number of esters is 4. The molecule has 17 nitrogen and oxygen atoms in total. The predicted molar refractivity (Wildman–Crippen MR) is 572 cm³/mol. The number of aliphatic hydroxyl groups excluding tert-OH is 2. The summed E-state index contributed by atoms with van der Waals surface area (Å²) >= 11 is 29.2. The van der Waals surface area contributed by atoms with Crippen molar-refractivity contribution in [2.75, 3.05) is 26.7 Å². The predicted octanol–water partition coefficient (Wildman–Crippen LogP) is 28.1. The molecule has 5 heterocycles. The number of aromatic hydroxyl groups is 2. The zero-order chi connectivity index (χ0) is 97.8. The molecule has 0 amide bonds. The van der Waals surface area contributed by atoms with Crippen LogP contribution in [0.4, 0.5) is 0 Å². The lowest BCUT2D eigenvalue weighted by Crippen LogP contribution is -2.29. The third-order valence-electron chi connectivity index (χ3n) is 18.0. The molecular weight excluding hydrogens is 2120 g/mol. The van der Waals surface area contributed by atoms with Gasteiger partial charge in [-0.05, 0) is 389 Å². The van der Waals surface area contributed by atoms with Gasteiger partial charge in [0, 0.05) is 66.9 Å². The van der Waals surface area contributed by atoms with Crippen LogP contribution in [-0.2, 0) is 37.2 Å². The average molecular weight is 2220 g/mol. The Balaban J connectivity index is 0.000000245. The normalized spacial score (nSPS) is 10.0. The fourth-order valence-electron chi connectivity index (χ4n) is 10.7. The van der Waals surface area contributed by atoms with Gasteiger partial charge in [0.05, 0.1) is 27.9 Å². The highest BCUT2D eigenvalue weighted by Crippen LogP contribution is 2.41. The van der Waals surface area contributed by atoms with E-state index >= 15 is 0 Å². The van der Waals surface area contributed by atoms with Crippen molar-refractivity contribution in [1.82, 2.24) is 4.90 Å². The Hall–Kier alpha value is -10.3. The lowest BCUT2D eigenvalue weighted by Gasteiger charge is -2.13. The van der Waals surface area contributed by atoms with Crippen LogP contribution in [0.25, 0.3) is 83.5 Å². The van der Waals surface area contributed by atoms with Crippen LogP contribution < -0.4 is 29.1 Å². The Labute approximate surface area is 844 Å². The topological polar surface area (TPSA) is 256 Å². The standard InChI is InChI=1S/2C24H20O4S.C18H16O2S.C16H12O2S.C7H9BO3.C6H15N.C4H2Br2S.C4H5ClO.BBr3/c2*1-15(2)23(25)27-19-9-5-17(6-10-19)21-13-14-22(29-21)18-7-11-20(12-8-18)28-24(26)16(3)4;1-20-16-8-6-15(7-9-16)18-11-10-17(21-18)14-4-2-13(12-19)3-5-14;17-13-5-1-11(2-6-13)15-9-10-16(19-15)12-3-7-14(18)8-4-12;9-5-6-1-3-7(4-2-6)8(10)11;1-4-7(5-2)6-3;5-3-1-2-4(6)7-3;1-3(2)4(5)6;2-1(3)4/h2*5-14H,1,3H2,2,4H3;2-11,19H,12H2,1H3;1-10,17-18H;1-4,9-11H,5H2;4-6H2,1-3H3;1-2H;1H2,2H3;. The minimum absolute atomic E-state index is 0.0260. The summed E-state index contributed by atoms with van der Waals surface area (Å²) in [6.45, 7) is 35.8. The molecule has 30 heteroatoms. The third kappa shape index (κ3) is 40.1. The van der Waals surface area contributed by atoms with E-state index < -0.39 is 36.2 Å². The molecule has 0 saturated heterocycles. The molecule has 14 aromatic rings. The van der Waals surface area contributed by atoms with E-state index in [1.807, 2.05) is 133 Å². The van der Waals surface area contributed by atoms with Crippen LogP contribution in [0.5, 0.6) is 40.2 Å². The maximum atomic E-state index is 11.6. The number of aliphatic hydroxyl groups is 2. The molecule has 14 rings (SSSR count). The molecule has 0 aliphatic carbocycles. The number of phenolic OH excluding ortho intramolecular Hbond substituents is 2. The number of nitrogens with zero attached hydrogens (tertiary/aromatic N) is 1. The highest BCUT2D eigenvalue weighted by Gasteiger charge is 2.16. The van der Waals surface area contributed by atoms with E-state index in [1.165, 1.54) is 48.1 Å². The van der Waals surface area contributed by atoms with Gasteiger partial charge in [-0.3, -0.25) is 4.79 Å². The molecule has 133 heavy (non-hydrogen) atoms. The van der Waals surface area contributed by atoms with Crippen molar-refractivity contribution in [3.8, 4) is 124 Å². The molecule has 0 aliphatic rings. The number of halogens is 6. The number of allylic oxidation sites excluding steroid dienone is 1. The summed E-state index contributed by atoms with van der Waals surface area (Å²) in [6, 6.07) is 87.0. The van der Waals surface area contributed by atoms with Crippen molar-refractivity contribution >= 4 is 192 Å². The van der Waals surface area contributed by atoms with Gasteiger partial charge in [0.1, 0.15) is 40.2 Å². The Morgan fingerprint density at radius 1 is 0.331 bits per heavy atom. The number of phenols is 2. The number of ether oxygens (including phenoxy) is 5. The Kier molecular flexibility index (Phi) is 49.3. The number of carbonyl (C=O) groups excluding carboxylic acids is 5. The number of hydrogen-bond donors (Lipinski definition) is 6. The average Bonchev–Trinajstić information content (AvgIpc) is 1.73. The molecule has 0 bridgehead atoms. The highest BCUT2D eigenvalue weighted by atomic mass is 79.9. The molecule has 0 spiro atoms. The molecule has 5 aromatic heterocycles. The van der Waals surface area contributed by atoms with E-state index in [9.17, 15) is 34.2 Å². The van der Waals surface area contributed by atoms with Crippen LogP contribution in [0.3, 0.4) is 0 Å². The van der Waals surface area contributed by atoms with Crippen molar-refractivity contribution in [2.45, 2.75) is 68.6 Å². The second-order valence-corrected chi connectivity index (χ2v) is 43.3. The number of carbonyl (C=O) groups is 5. The quantitative estimate of drug-likeness (QED) is 0.0108. The molecule has 690 valence electrons. The largest absolute Gasteiger partial charge is 0.508 e. The number of methoxy groups -OCH3 is 1. The maximum Gasteiger partial charge on any atom is 0.488 e. The summed E-state index contributed by atoms with van der Waals surface area (Å²) in [5.74, 6) is 1.62. The van der Waals surface area contributed by atoms with Crippen molar-refractivity contribution in [3.63, 3.8) is 0 Å². The van der Waals surface area contributed by atoms with Crippen molar-refractivity contribution in [2.24, 2.45) is 0 Å². The van der Waals surface area contributed by atoms with Gasteiger partial charge in [-0.1, -0.05) is 102 Å². The van der Waals surface area contributed by atoms with Gasteiger partial charge < -0.3 is 59.1 Å². The van der Waals surface area contributed by atoms with E-state index in [0.717, 1.165) is 79.5 Å². The fraction of sp³-hybridized carbons (Fsp3) is 0.136. The number of benzene rings is 9. The summed E-state index contributed by atoms with van der Waals surface area (Å²) in [7, 11) is 0.247. The SMILES string of the molecule is BrB(Br)Br.Brc1ccc(Br)s1.C=C(C)C(=O)Cl.C=C(C)C(=O)Oc1ccc(-c2ccc(-c3ccc(OC(=O)C(=C)C)cc3)s2)cc1.C=C(C)C(=O)Oc1ccc(-c2ccc(-c3ccc(OC(=O)C(=C)C)cc3)s2)cc1.CCN(CC)CC.COc1ccc(-c2ccc(-c3ccc(CO)cc3)s2)cc1.OCc1ccc(B(O)O)cc1.Oc1ccc(-c2ccc(-c3ccc(O)cc3)s2)cc1. The first-order chi connectivity index (χ1) is 63.4. The summed E-state index contributed by atoms with van der Waals surface area (Å²) in [6.07, 6.45) is 0. The Bertz CT molecular complexity index is 5550. The summed E-state index contributed by atoms with van der Waals surface area (Å²) in [4.78, 5) is 67.7. The number of hydrogen-bond acceptors (Lipinski definition) is 22. The van der Waals surface area contributed by atoms with Gasteiger partial charge in [0.15, 0.2) is 0 Å². The van der Waals surface area contributed by atoms with Gasteiger partial charge in [0.2, 0.25) is 5.24 Å². The minimum atomic E-state index is -1.43. The fourth-order valence-corrected chi connectivity index (χ4v) is 17.1. The van der Waals surface area contributed by atoms with Gasteiger partial charge in [-0.2, -0.15) is 0 Å². The second kappa shape index (κ2) is 58.8. The first-order valence-corrected chi connectivity index (χ1v) is 49.4. The van der Waals surface area contributed by atoms with Crippen molar-refractivity contribution < 1.29 is 78.1 Å². The van der Waals surface area contributed by atoms with Crippen LogP contribution in [0, 0.1) is 0 Å². The van der Waals surface area contributed by atoms with E-state index in [1.54, 1.807) is 195 Å². The molecule has 0 fully saturated rings. The summed E-state index contributed by atoms with van der Waals surface area (Å²) in [5.41, 5.74) is 12.6. The van der Waals surface area contributed by atoms with Crippen LogP contribution >= 0.6 is 147 Å². The van der Waals surface area contributed by atoms with Crippen molar-refractivity contribution in [1.29, 1.82) is 0 Å². The first-order valence-electron chi connectivity index (χ1n) is 40.7. The van der Waals surface area contributed by atoms with E-state index in [2.05, 4.69) is 186 Å². The molecule has 0 unspecified atom stereocenters. The Morgan fingerprint density at radius 3 is 0.684 bits per heavy atom. The highest BCUT2D eigenvalue weighted by molar-refractivity contribution is 9.69. The zero-order valence-corrected chi connectivity index (χ0v) is 87.1. The second-order valence-electron chi connectivity index (χ2n) is 28.3. The third-order valence-corrected chi connectivity index (χ3v) is 25.2. The van der Waals surface area contributed by atoms with Crippen LogP contribution in [0.15, 0.2) is 347 Å². The van der Waals surface area contributed by atoms with Gasteiger partial charge >= 0.3 is 34.2 Å². The van der Waals surface area contributed by atoms with E-state index in [-0.39, 0.29) is 27.9 Å². The van der Waals surface area contributed by atoms with Crippen LogP contribution in [-0.4, -0.2) is 102 Å². The van der Waals surface area contributed by atoms with Crippen LogP contribution in [0.1, 0.15) is 66.5 Å². The first kappa shape index (κ1) is 111. The lowest BCUT2D eigenvalue weighted by molar-refractivity contribution is -0.130. The zero-order valence-electron chi connectivity index (χ0n) is 74.3. The van der Waals surface area contributed by atoms with Crippen LogP contribution in [0.2, 0.25) is 0 Å².